The molecular weight excluding hydrogens is 308 g/mol. The summed E-state index contributed by atoms with van der Waals surface area (Å²) in [7, 11) is 1.34. The first kappa shape index (κ1) is 16.1. The van der Waals surface area contributed by atoms with Crippen LogP contribution < -0.4 is 10.6 Å². The minimum atomic E-state index is -0.424. The van der Waals surface area contributed by atoms with Crippen LogP contribution in [0.1, 0.15) is 40.9 Å². The third kappa shape index (κ3) is 2.75. The number of nitrogens with zero attached hydrogens (tertiary/aromatic N) is 1. The van der Waals surface area contributed by atoms with Crippen LogP contribution in [0.15, 0.2) is 41.0 Å². The summed E-state index contributed by atoms with van der Waals surface area (Å²) in [5, 5.41) is 0. The Labute approximate surface area is 140 Å². The number of hydrogen-bond acceptors (Lipinski definition) is 5. The standard InChI is InChI=1S/C18H20N2O4/c1-11-9-14(17(19)21)12-5-3-4-6-15(12)20(11)10-16-13(7-8-24-16)18(22)23-2/h3-8,11,14H,9-10H2,1-2H3,(H2,19,21)/t11-,14-/m0/s1. The van der Waals surface area contributed by atoms with Gasteiger partial charge in [0.25, 0.3) is 0 Å². The lowest BCUT2D eigenvalue weighted by Gasteiger charge is -2.39. The number of esters is 1. The van der Waals surface area contributed by atoms with E-state index in [0.717, 1.165) is 11.3 Å². The van der Waals surface area contributed by atoms with Gasteiger partial charge in [0.1, 0.15) is 11.3 Å². The molecule has 6 heteroatoms. The van der Waals surface area contributed by atoms with Crippen molar-refractivity contribution < 1.29 is 18.7 Å². The average Bonchev–Trinajstić information content (AvgIpc) is 3.04. The van der Waals surface area contributed by atoms with Crippen molar-refractivity contribution in [3.05, 3.63) is 53.5 Å². The molecule has 0 fully saturated rings. The number of rotatable bonds is 4. The van der Waals surface area contributed by atoms with Crippen molar-refractivity contribution in [2.75, 3.05) is 12.0 Å². The Kier molecular flexibility index (Phi) is 4.29. The molecule has 0 unspecified atom stereocenters. The molecule has 1 aromatic carbocycles. The van der Waals surface area contributed by atoms with Crippen LogP contribution in [0.25, 0.3) is 0 Å². The van der Waals surface area contributed by atoms with E-state index in [-0.39, 0.29) is 17.9 Å². The van der Waals surface area contributed by atoms with Crippen molar-refractivity contribution in [2.45, 2.75) is 31.8 Å². The number of primary amides is 1. The first-order chi connectivity index (χ1) is 11.5. The molecule has 1 amide bonds. The van der Waals surface area contributed by atoms with Crippen LogP contribution >= 0.6 is 0 Å². The van der Waals surface area contributed by atoms with Crippen LogP contribution in [-0.4, -0.2) is 25.0 Å². The van der Waals surface area contributed by atoms with Crippen LogP contribution in [0.3, 0.4) is 0 Å². The first-order valence-corrected chi connectivity index (χ1v) is 7.82. The molecule has 2 atom stereocenters. The molecule has 0 bridgehead atoms. The minimum absolute atomic E-state index is 0.0768. The van der Waals surface area contributed by atoms with Crippen molar-refractivity contribution in [1.29, 1.82) is 0 Å². The van der Waals surface area contributed by atoms with Crippen LogP contribution in [-0.2, 0) is 16.1 Å². The second-order valence-corrected chi connectivity index (χ2v) is 5.98. The summed E-state index contributed by atoms with van der Waals surface area (Å²) in [5.74, 6) is -0.501. The van der Waals surface area contributed by atoms with E-state index in [1.54, 1.807) is 6.07 Å². The number of furan rings is 1. The smallest absolute Gasteiger partial charge is 0.341 e. The number of carbonyl (C=O) groups is 2. The number of ether oxygens (including phenoxy) is 1. The largest absolute Gasteiger partial charge is 0.467 e. The predicted octanol–water partition coefficient (Wildman–Crippen LogP) is 2.43. The summed E-state index contributed by atoms with van der Waals surface area (Å²) < 4.78 is 10.3. The molecule has 2 heterocycles. The first-order valence-electron chi connectivity index (χ1n) is 7.82. The van der Waals surface area contributed by atoms with Gasteiger partial charge in [-0.3, -0.25) is 4.79 Å². The summed E-state index contributed by atoms with van der Waals surface area (Å²) in [5.41, 5.74) is 7.84. The quantitative estimate of drug-likeness (QED) is 0.871. The van der Waals surface area contributed by atoms with Gasteiger partial charge in [-0.1, -0.05) is 18.2 Å². The number of carbonyl (C=O) groups excluding carboxylic acids is 2. The van der Waals surface area contributed by atoms with Crippen molar-refractivity contribution in [2.24, 2.45) is 5.73 Å². The molecule has 126 valence electrons. The topological polar surface area (TPSA) is 85.8 Å². The number of para-hydroxylation sites is 1. The Morgan fingerprint density at radius 1 is 1.33 bits per heavy atom. The van der Waals surface area contributed by atoms with E-state index in [0.29, 0.717) is 24.3 Å². The summed E-state index contributed by atoms with van der Waals surface area (Å²) in [6.45, 7) is 2.45. The number of nitrogens with two attached hydrogens (primary N) is 1. The molecule has 2 aromatic rings. The second-order valence-electron chi connectivity index (χ2n) is 5.98. The van der Waals surface area contributed by atoms with Crippen molar-refractivity contribution >= 4 is 17.6 Å². The fraction of sp³-hybridized carbons (Fsp3) is 0.333. The van der Waals surface area contributed by atoms with Gasteiger partial charge in [-0.15, -0.1) is 0 Å². The zero-order valence-electron chi connectivity index (χ0n) is 13.7. The van der Waals surface area contributed by atoms with E-state index < -0.39 is 5.97 Å². The highest BCUT2D eigenvalue weighted by molar-refractivity contribution is 5.90. The summed E-state index contributed by atoms with van der Waals surface area (Å²) >= 11 is 0. The van der Waals surface area contributed by atoms with Crippen LogP contribution in [0.4, 0.5) is 5.69 Å². The zero-order valence-corrected chi connectivity index (χ0v) is 13.7. The highest BCUT2D eigenvalue weighted by atomic mass is 16.5. The highest BCUT2D eigenvalue weighted by Crippen LogP contribution is 2.39. The van der Waals surface area contributed by atoms with E-state index in [9.17, 15) is 9.59 Å². The van der Waals surface area contributed by atoms with Crippen molar-refractivity contribution in [3.8, 4) is 0 Å². The van der Waals surface area contributed by atoms with E-state index in [1.165, 1.54) is 13.4 Å². The van der Waals surface area contributed by atoms with Gasteiger partial charge in [-0.05, 0) is 31.0 Å². The predicted molar refractivity (Wildman–Crippen MR) is 88.7 cm³/mol. The zero-order chi connectivity index (χ0) is 17.3. The Hall–Kier alpha value is -2.76. The van der Waals surface area contributed by atoms with Crippen molar-refractivity contribution in [3.63, 3.8) is 0 Å². The lowest BCUT2D eigenvalue weighted by atomic mass is 9.85. The fourth-order valence-electron chi connectivity index (χ4n) is 3.30. The van der Waals surface area contributed by atoms with E-state index >= 15 is 0 Å². The van der Waals surface area contributed by atoms with Gasteiger partial charge in [0.05, 0.1) is 25.8 Å². The molecule has 6 nitrogen and oxygen atoms in total. The molecule has 0 radical (unpaired) electrons. The van der Waals surface area contributed by atoms with Crippen LogP contribution in [0.5, 0.6) is 0 Å². The Morgan fingerprint density at radius 2 is 2.08 bits per heavy atom. The lowest BCUT2D eigenvalue weighted by Crippen LogP contribution is -2.41. The van der Waals surface area contributed by atoms with Gasteiger partial charge >= 0.3 is 5.97 Å². The van der Waals surface area contributed by atoms with Crippen LogP contribution in [0, 0.1) is 0 Å². The molecule has 0 saturated heterocycles. The van der Waals surface area contributed by atoms with Gasteiger partial charge in [-0.2, -0.15) is 0 Å². The van der Waals surface area contributed by atoms with Gasteiger partial charge in [0.15, 0.2) is 0 Å². The van der Waals surface area contributed by atoms with Gasteiger partial charge in [-0.25, -0.2) is 4.79 Å². The lowest BCUT2D eigenvalue weighted by molar-refractivity contribution is -0.119. The third-order valence-corrected chi connectivity index (χ3v) is 4.54. The average molecular weight is 328 g/mol. The van der Waals surface area contributed by atoms with E-state index in [4.69, 9.17) is 14.9 Å². The molecule has 0 saturated carbocycles. The SMILES string of the molecule is COC(=O)c1ccoc1CN1c2ccccc2[C@@H](C(N)=O)C[C@@H]1C. The molecule has 0 aliphatic carbocycles. The molecule has 1 aromatic heterocycles. The molecule has 3 rings (SSSR count). The van der Waals surface area contributed by atoms with Gasteiger partial charge < -0.3 is 19.8 Å². The monoisotopic (exact) mass is 328 g/mol. The fourth-order valence-corrected chi connectivity index (χ4v) is 3.30. The highest BCUT2D eigenvalue weighted by Gasteiger charge is 2.34. The molecular formula is C18H20N2O4. The number of amides is 1. The minimum Gasteiger partial charge on any atom is -0.467 e. The van der Waals surface area contributed by atoms with Crippen molar-refractivity contribution in [1.82, 2.24) is 0 Å². The number of benzene rings is 1. The third-order valence-electron chi connectivity index (χ3n) is 4.54. The summed E-state index contributed by atoms with van der Waals surface area (Å²) in [4.78, 5) is 25.8. The maximum Gasteiger partial charge on any atom is 0.341 e. The van der Waals surface area contributed by atoms with E-state index in [1.807, 2.05) is 31.2 Å². The summed E-state index contributed by atoms with van der Waals surface area (Å²) in [6.07, 6.45) is 2.11. The normalized spacial score (nSPS) is 19.7. The van der Waals surface area contributed by atoms with E-state index in [2.05, 4.69) is 4.90 Å². The Balaban J connectivity index is 1.97. The van der Waals surface area contributed by atoms with Gasteiger partial charge in [0, 0.05) is 11.7 Å². The second kappa shape index (κ2) is 6.39. The molecule has 1 aliphatic rings. The Bertz CT molecular complexity index is 768. The molecule has 1 aliphatic heterocycles. The maximum absolute atomic E-state index is 11.8. The molecule has 0 spiro atoms. The summed E-state index contributed by atoms with van der Waals surface area (Å²) in [6, 6.07) is 9.39. The molecule has 2 N–H and O–H groups in total. The molecule has 24 heavy (non-hydrogen) atoms. The Morgan fingerprint density at radius 3 is 2.79 bits per heavy atom. The maximum atomic E-state index is 11.8. The van der Waals surface area contributed by atoms with Gasteiger partial charge in [0.2, 0.25) is 5.91 Å². The van der Waals surface area contributed by atoms with Crippen LogP contribution in [0.2, 0.25) is 0 Å². The number of methoxy groups -OCH3 is 1. The number of fused-ring (bicyclic) bond motifs is 1. The number of anilines is 1. The number of hydrogen-bond donors (Lipinski definition) is 1.